The van der Waals surface area contributed by atoms with E-state index < -0.39 is 5.41 Å². The first-order valence-electron chi connectivity index (χ1n) is 12.0. The third-order valence-corrected chi connectivity index (χ3v) is 7.92. The number of nitrogens with one attached hydrogen (secondary N) is 2. The molecule has 1 saturated heterocycles. The normalized spacial score (nSPS) is 22.9. The van der Waals surface area contributed by atoms with Crippen LogP contribution in [-0.2, 0) is 10.2 Å². The molecule has 0 radical (unpaired) electrons. The number of aromatic amines is 1. The average Bonchev–Trinajstić information content (AvgIpc) is 3.17. The van der Waals surface area contributed by atoms with E-state index in [0.29, 0.717) is 0 Å². The van der Waals surface area contributed by atoms with Crippen molar-refractivity contribution in [3.63, 3.8) is 0 Å². The fourth-order valence-electron chi connectivity index (χ4n) is 5.98. The number of benzene rings is 3. The molecule has 4 aromatic rings. The Balaban J connectivity index is 1.20. The number of carbonyl (C=O) groups is 1. The van der Waals surface area contributed by atoms with Gasteiger partial charge >= 0.3 is 0 Å². The summed E-state index contributed by atoms with van der Waals surface area (Å²) >= 11 is 0. The Morgan fingerprint density at radius 1 is 1.03 bits per heavy atom. The molecule has 3 aliphatic rings. The number of fused-ring (bicyclic) bond motifs is 3. The molecule has 3 aromatic carbocycles. The summed E-state index contributed by atoms with van der Waals surface area (Å²) in [6.07, 6.45) is 3.36. The van der Waals surface area contributed by atoms with Crippen molar-refractivity contribution in [2.75, 3.05) is 30.4 Å². The predicted molar refractivity (Wildman–Crippen MR) is 134 cm³/mol. The summed E-state index contributed by atoms with van der Waals surface area (Å²) in [5, 5.41) is 12.0. The summed E-state index contributed by atoms with van der Waals surface area (Å²) in [4.78, 5) is 15.4. The molecule has 1 amide bonds. The lowest BCUT2D eigenvalue weighted by molar-refractivity contribution is -0.118. The second-order valence-corrected chi connectivity index (χ2v) is 9.71. The fraction of sp³-hybridized carbons (Fsp3) is 0.286. The standard InChI is InChI=1S/C28H26N4O2/c1-34-20-9-11-24-22(15-20)28(27(33)29-24)16-23(28)18-6-10-21-25(14-18)30-31-26(21)17-4-7-19(8-5-17)32-12-2-3-13-32/h4-11,14-15,23H,2-3,12-13,16H2,1H3,(H,29,33)(H,30,31)/t23-,28-/m0/s1. The molecular weight excluding hydrogens is 424 g/mol. The van der Waals surface area contributed by atoms with E-state index in [1.165, 1.54) is 18.5 Å². The Hall–Kier alpha value is -3.80. The Labute approximate surface area is 197 Å². The molecule has 1 aliphatic carbocycles. The van der Waals surface area contributed by atoms with Crippen LogP contribution >= 0.6 is 0 Å². The van der Waals surface area contributed by atoms with Crippen molar-refractivity contribution < 1.29 is 9.53 Å². The van der Waals surface area contributed by atoms with Gasteiger partial charge in [0.25, 0.3) is 0 Å². The molecule has 1 saturated carbocycles. The lowest BCUT2D eigenvalue weighted by atomic mass is 9.91. The third kappa shape index (κ3) is 2.74. The average molecular weight is 451 g/mol. The van der Waals surface area contributed by atoms with Crippen molar-refractivity contribution in [1.29, 1.82) is 0 Å². The van der Waals surface area contributed by atoms with Gasteiger partial charge in [0.1, 0.15) is 5.75 Å². The molecule has 34 heavy (non-hydrogen) atoms. The molecule has 2 aliphatic heterocycles. The number of hydrogen-bond donors (Lipinski definition) is 2. The van der Waals surface area contributed by atoms with Crippen LogP contribution in [0, 0.1) is 0 Å². The molecule has 2 fully saturated rings. The van der Waals surface area contributed by atoms with Crippen LogP contribution in [0.4, 0.5) is 11.4 Å². The predicted octanol–water partition coefficient (Wildman–Crippen LogP) is 5.22. The Morgan fingerprint density at radius 3 is 2.65 bits per heavy atom. The van der Waals surface area contributed by atoms with E-state index in [4.69, 9.17) is 4.74 Å². The molecule has 1 spiro atoms. The first kappa shape index (κ1) is 19.6. The van der Waals surface area contributed by atoms with Gasteiger partial charge in [-0.3, -0.25) is 9.89 Å². The molecule has 1 aromatic heterocycles. The quantitative estimate of drug-likeness (QED) is 0.447. The first-order chi connectivity index (χ1) is 16.7. The van der Waals surface area contributed by atoms with E-state index in [0.717, 1.165) is 64.2 Å². The van der Waals surface area contributed by atoms with E-state index in [1.54, 1.807) is 7.11 Å². The van der Waals surface area contributed by atoms with Gasteiger partial charge in [-0.15, -0.1) is 0 Å². The van der Waals surface area contributed by atoms with Crippen LogP contribution < -0.4 is 15.0 Å². The van der Waals surface area contributed by atoms with Crippen LogP contribution in [0.1, 0.15) is 36.3 Å². The zero-order valence-corrected chi connectivity index (χ0v) is 19.1. The van der Waals surface area contributed by atoms with Gasteiger partial charge in [-0.25, -0.2) is 0 Å². The van der Waals surface area contributed by atoms with Crippen LogP contribution in [0.3, 0.4) is 0 Å². The van der Waals surface area contributed by atoms with E-state index >= 15 is 0 Å². The molecule has 2 atom stereocenters. The van der Waals surface area contributed by atoms with Gasteiger partial charge in [0.15, 0.2) is 0 Å². The SMILES string of the molecule is COc1ccc2c(c1)[C@]1(C[C@H]1c1ccc3c(-c4ccc(N5CCCC5)cc4)n[nH]c3c1)C(=O)N2. The summed E-state index contributed by atoms with van der Waals surface area (Å²) in [7, 11) is 1.66. The van der Waals surface area contributed by atoms with Gasteiger partial charge in [-0.1, -0.05) is 24.3 Å². The highest BCUT2D eigenvalue weighted by Crippen LogP contribution is 2.65. The lowest BCUT2D eigenvalue weighted by Crippen LogP contribution is -2.21. The van der Waals surface area contributed by atoms with Gasteiger partial charge in [-0.2, -0.15) is 5.10 Å². The maximum Gasteiger partial charge on any atom is 0.235 e. The van der Waals surface area contributed by atoms with E-state index in [9.17, 15) is 4.79 Å². The fourth-order valence-corrected chi connectivity index (χ4v) is 5.98. The summed E-state index contributed by atoms with van der Waals surface area (Å²) in [5.41, 5.74) is 6.98. The number of aromatic nitrogens is 2. The van der Waals surface area contributed by atoms with Gasteiger partial charge in [0, 0.05) is 41.3 Å². The lowest BCUT2D eigenvalue weighted by Gasteiger charge is -2.17. The number of rotatable bonds is 4. The number of hydrogen-bond acceptors (Lipinski definition) is 4. The molecule has 7 rings (SSSR count). The summed E-state index contributed by atoms with van der Waals surface area (Å²) in [6.45, 7) is 2.29. The molecule has 6 heteroatoms. The van der Waals surface area contributed by atoms with Crippen molar-refractivity contribution in [2.45, 2.75) is 30.6 Å². The second kappa shape index (κ2) is 7.10. The zero-order chi connectivity index (χ0) is 22.9. The molecule has 170 valence electrons. The number of methoxy groups -OCH3 is 1. The topological polar surface area (TPSA) is 70.2 Å². The number of carbonyl (C=O) groups excluding carboxylic acids is 1. The van der Waals surface area contributed by atoms with Crippen molar-refractivity contribution in [3.8, 4) is 17.0 Å². The van der Waals surface area contributed by atoms with Gasteiger partial charge < -0.3 is 15.0 Å². The molecule has 6 nitrogen and oxygen atoms in total. The number of amides is 1. The zero-order valence-electron chi connectivity index (χ0n) is 19.1. The van der Waals surface area contributed by atoms with E-state index in [1.807, 2.05) is 18.2 Å². The first-order valence-corrected chi connectivity index (χ1v) is 12.0. The van der Waals surface area contributed by atoms with Crippen molar-refractivity contribution in [3.05, 3.63) is 71.8 Å². The Bertz CT molecular complexity index is 1430. The van der Waals surface area contributed by atoms with Crippen molar-refractivity contribution >= 4 is 28.2 Å². The van der Waals surface area contributed by atoms with Crippen LogP contribution in [0.5, 0.6) is 5.75 Å². The Kier molecular flexibility index (Phi) is 4.10. The van der Waals surface area contributed by atoms with Crippen LogP contribution in [0.2, 0.25) is 0 Å². The second-order valence-electron chi connectivity index (χ2n) is 9.71. The number of ether oxygens (including phenoxy) is 1. The summed E-state index contributed by atoms with van der Waals surface area (Å²) in [6, 6.07) is 21.0. The highest BCUT2D eigenvalue weighted by Gasteiger charge is 2.65. The smallest absolute Gasteiger partial charge is 0.235 e. The van der Waals surface area contributed by atoms with Crippen LogP contribution in [0.25, 0.3) is 22.2 Å². The minimum atomic E-state index is -0.494. The molecular formula is C28H26N4O2. The summed E-state index contributed by atoms with van der Waals surface area (Å²) < 4.78 is 5.42. The highest BCUT2D eigenvalue weighted by atomic mass is 16.5. The van der Waals surface area contributed by atoms with Crippen molar-refractivity contribution in [2.24, 2.45) is 0 Å². The molecule has 0 unspecified atom stereocenters. The largest absolute Gasteiger partial charge is 0.497 e. The maximum absolute atomic E-state index is 13.0. The summed E-state index contributed by atoms with van der Waals surface area (Å²) in [5.74, 6) is 1.02. The number of nitrogens with zero attached hydrogens (tertiary/aromatic N) is 2. The number of H-pyrrole nitrogens is 1. The monoisotopic (exact) mass is 450 g/mol. The van der Waals surface area contributed by atoms with Gasteiger partial charge in [-0.05, 0) is 66.8 Å². The van der Waals surface area contributed by atoms with E-state index in [2.05, 4.69) is 62.9 Å². The maximum atomic E-state index is 13.0. The van der Waals surface area contributed by atoms with Crippen molar-refractivity contribution in [1.82, 2.24) is 10.2 Å². The van der Waals surface area contributed by atoms with Crippen LogP contribution in [-0.4, -0.2) is 36.3 Å². The van der Waals surface area contributed by atoms with Crippen LogP contribution in [0.15, 0.2) is 60.7 Å². The van der Waals surface area contributed by atoms with Gasteiger partial charge in [0.2, 0.25) is 5.91 Å². The highest BCUT2D eigenvalue weighted by molar-refractivity contribution is 6.10. The third-order valence-electron chi connectivity index (χ3n) is 7.92. The molecule has 2 N–H and O–H groups in total. The Morgan fingerprint density at radius 2 is 1.85 bits per heavy atom. The van der Waals surface area contributed by atoms with E-state index in [-0.39, 0.29) is 11.8 Å². The minimum absolute atomic E-state index is 0.0873. The molecule has 0 bridgehead atoms. The minimum Gasteiger partial charge on any atom is -0.497 e. The van der Waals surface area contributed by atoms with Gasteiger partial charge in [0.05, 0.1) is 23.7 Å². The number of anilines is 2. The molecule has 3 heterocycles.